The number of hydrogen-bond acceptors (Lipinski definition) is 5. The third-order valence-electron chi connectivity index (χ3n) is 4.67. The summed E-state index contributed by atoms with van der Waals surface area (Å²) in [6.45, 7) is 6.63. The van der Waals surface area contributed by atoms with Crippen LogP contribution in [0.3, 0.4) is 0 Å². The van der Waals surface area contributed by atoms with Crippen molar-refractivity contribution in [3.8, 4) is 6.07 Å². The summed E-state index contributed by atoms with van der Waals surface area (Å²) < 4.78 is 32.5. The Kier molecular flexibility index (Phi) is 8.42. The van der Waals surface area contributed by atoms with Crippen LogP contribution in [0.5, 0.6) is 0 Å². The molecule has 0 aromatic heterocycles. The molecule has 1 heterocycles. The minimum absolute atomic E-state index is 0.0293. The lowest BCUT2D eigenvalue weighted by atomic mass is 9.97. The SMILES string of the molecule is CC(C)COCCCNC(=O)C1CCN(S(=O)(=O)c2ccccc2C#N)CC1. The highest BCUT2D eigenvalue weighted by molar-refractivity contribution is 7.89. The lowest BCUT2D eigenvalue weighted by molar-refractivity contribution is -0.126. The highest BCUT2D eigenvalue weighted by Gasteiger charge is 2.33. The van der Waals surface area contributed by atoms with Gasteiger partial charge in [-0.15, -0.1) is 0 Å². The fourth-order valence-electron chi connectivity index (χ4n) is 3.13. The molecule has 0 spiro atoms. The van der Waals surface area contributed by atoms with Crippen LogP contribution in [0.2, 0.25) is 0 Å². The Balaban J connectivity index is 1.80. The van der Waals surface area contributed by atoms with E-state index in [2.05, 4.69) is 19.2 Å². The van der Waals surface area contributed by atoms with Gasteiger partial charge in [0.15, 0.2) is 0 Å². The number of piperidine rings is 1. The summed E-state index contributed by atoms with van der Waals surface area (Å²) >= 11 is 0. The van der Waals surface area contributed by atoms with Crippen molar-refractivity contribution < 1.29 is 17.9 Å². The number of rotatable bonds is 9. The van der Waals surface area contributed by atoms with E-state index in [4.69, 9.17) is 10.00 Å². The first-order chi connectivity index (χ1) is 13.4. The molecule has 154 valence electrons. The monoisotopic (exact) mass is 407 g/mol. The molecule has 1 fully saturated rings. The van der Waals surface area contributed by atoms with Gasteiger partial charge in [-0.05, 0) is 37.3 Å². The van der Waals surface area contributed by atoms with Gasteiger partial charge in [-0.3, -0.25) is 4.79 Å². The quantitative estimate of drug-likeness (QED) is 0.632. The van der Waals surface area contributed by atoms with E-state index in [1.54, 1.807) is 12.1 Å². The average molecular weight is 408 g/mol. The number of nitrogens with one attached hydrogen (secondary N) is 1. The van der Waals surface area contributed by atoms with Gasteiger partial charge in [0.05, 0.1) is 10.5 Å². The number of carbonyl (C=O) groups is 1. The topological polar surface area (TPSA) is 99.5 Å². The molecule has 1 aromatic carbocycles. The van der Waals surface area contributed by atoms with Gasteiger partial charge < -0.3 is 10.1 Å². The van der Waals surface area contributed by atoms with Gasteiger partial charge in [0.2, 0.25) is 15.9 Å². The zero-order valence-electron chi connectivity index (χ0n) is 16.6. The molecular weight excluding hydrogens is 378 g/mol. The molecule has 1 saturated heterocycles. The molecule has 0 radical (unpaired) electrons. The van der Waals surface area contributed by atoms with Crippen LogP contribution in [-0.4, -0.2) is 51.5 Å². The van der Waals surface area contributed by atoms with E-state index < -0.39 is 10.0 Å². The molecule has 1 N–H and O–H groups in total. The van der Waals surface area contributed by atoms with E-state index in [1.165, 1.54) is 16.4 Å². The van der Waals surface area contributed by atoms with Gasteiger partial charge in [-0.25, -0.2) is 8.42 Å². The molecule has 1 aromatic rings. The van der Waals surface area contributed by atoms with Crippen molar-refractivity contribution in [2.75, 3.05) is 32.8 Å². The Hall–Kier alpha value is -1.95. The number of nitriles is 1. The fraction of sp³-hybridized carbons (Fsp3) is 0.600. The van der Waals surface area contributed by atoms with Crippen molar-refractivity contribution >= 4 is 15.9 Å². The van der Waals surface area contributed by atoms with E-state index in [0.29, 0.717) is 31.9 Å². The summed E-state index contributed by atoms with van der Waals surface area (Å²) in [5.74, 6) is 0.281. The summed E-state index contributed by atoms with van der Waals surface area (Å²) in [5, 5.41) is 12.1. The number of sulfonamides is 1. The highest BCUT2D eigenvalue weighted by atomic mass is 32.2. The first-order valence-electron chi connectivity index (χ1n) is 9.71. The van der Waals surface area contributed by atoms with Gasteiger partial charge in [0, 0.05) is 38.8 Å². The number of carbonyl (C=O) groups excluding carboxylic acids is 1. The van der Waals surface area contributed by atoms with Gasteiger partial charge in [0.1, 0.15) is 6.07 Å². The molecule has 8 heteroatoms. The number of benzene rings is 1. The van der Waals surface area contributed by atoms with Crippen LogP contribution in [0.25, 0.3) is 0 Å². The van der Waals surface area contributed by atoms with Crippen molar-refractivity contribution in [1.29, 1.82) is 5.26 Å². The summed E-state index contributed by atoms with van der Waals surface area (Å²) in [6, 6.07) is 8.13. The first kappa shape index (κ1) is 22.3. The van der Waals surface area contributed by atoms with Crippen molar-refractivity contribution in [1.82, 2.24) is 9.62 Å². The first-order valence-corrected chi connectivity index (χ1v) is 11.1. The zero-order valence-corrected chi connectivity index (χ0v) is 17.4. The van der Waals surface area contributed by atoms with Crippen LogP contribution in [0.4, 0.5) is 0 Å². The van der Waals surface area contributed by atoms with E-state index in [9.17, 15) is 13.2 Å². The Labute approximate surface area is 167 Å². The Morgan fingerprint density at radius 3 is 2.64 bits per heavy atom. The lowest BCUT2D eigenvalue weighted by Crippen LogP contribution is -2.43. The lowest BCUT2D eigenvalue weighted by Gasteiger charge is -2.30. The van der Waals surface area contributed by atoms with Gasteiger partial charge in [-0.1, -0.05) is 26.0 Å². The second-order valence-corrected chi connectivity index (χ2v) is 9.31. The number of ether oxygens (including phenoxy) is 1. The highest BCUT2D eigenvalue weighted by Crippen LogP contribution is 2.25. The normalized spacial score (nSPS) is 16.1. The summed E-state index contributed by atoms with van der Waals surface area (Å²) in [7, 11) is -3.73. The van der Waals surface area contributed by atoms with E-state index in [1.807, 2.05) is 6.07 Å². The van der Waals surface area contributed by atoms with Crippen LogP contribution in [0.15, 0.2) is 29.2 Å². The predicted octanol–water partition coefficient (Wildman–Crippen LogP) is 2.14. The maximum atomic E-state index is 12.8. The second-order valence-electron chi connectivity index (χ2n) is 7.40. The third kappa shape index (κ3) is 6.03. The van der Waals surface area contributed by atoms with Crippen molar-refractivity contribution in [2.45, 2.75) is 38.0 Å². The molecule has 0 saturated carbocycles. The van der Waals surface area contributed by atoms with Crippen molar-refractivity contribution in [3.05, 3.63) is 29.8 Å². The molecular formula is C20H29N3O4S. The van der Waals surface area contributed by atoms with E-state index in [-0.39, 0.29) is 35.4 Å². The minimum Gasteiger partial charge on any atom is -0.381 e. The maximum absolute atomic E-state index is 12.8. The number of nitrogens with zero attached hydrogens (tertiary/aromatic N) is 2. The van der Waals surface area contributed by atoms with Crippen LogP contribution >= 0.6 is 0 Å². The fourth-order valence-corrected chi connectivity index (χ4v) is 4.74. The van der Waals surface area contributed by atoms with Gasteiger partial charge >= 0.3 is 0 Å². The van der Waals surface area contributed by atoms with E-state index >= 15 is 0 Å². The predicted molar refractivity (Wildman–Crippen MR) is 106 cm³/mol. The van der Waals surface area contributed by atoms with Crippen LogP contribution < -0.4 is 5.32 Å². The molecule has 0 unspecified atom stereocenters. The zero-order chi connectivity index (χ0) is 20.6. The van der Waals surface area contributed by atoms with Gasteiger partial charge in [0.25, 0.3) is 0 Å². The second kappa shape index (κ2) is 10.6. The largest absolute Gasteiger partial charge is 0.381 e. The number of hydrogen-bond donors (Lipinski definition) is 1. The van der Waals surface area contributed by atoms with Crippen molar-refractivity contribution in [3.63, 3.8) is 0 Å². The van der Waals surface area contributed by atoms with E-state index in [0.717, 1.165) is 13.0 Å². The molecule has 7 nitrogen and oxygen atoms in total. The summed E-state index contributed by atoms with van der Waals surface area (Å²) in [6.07, 6.45) is 1.71. The summed E-state index contributed by atoms with van der Waals surface area (Å²) in [5.41, 5.74) is 0.141. The van der Waals surface area contributed by atoms with Crippen LogP contribution in [0, 0.1) is 23.2 Å². The Bertz CT molecular complexity index is 794. The average Bonchev–Trinajstić information content (AvgIpc) is 2.70. The molecule has 28 heavy (non-hydrogen) atoms. The minimum atomic E-state index is -3.73. The Morgan fingerprint density at radius 1 is 1.32 bits per heavy atom. The van der Waals surface area contributed by atoms with Gasteiger partial charge in [-0.2, -0.15) is 9.57 Å². The van der Waals surface area contributed by atoms with Crippen LogP contribution in [-0.2, 0) is 19.6 Å². The molecule has 0 aliphatic carbocycles. The Morgan fingerprint density at radius 2 is 2.00 bits per heavy atom. The van der Waals surface area contributed by atoms with Crippen molar-refractivity contribution in [2.24, 2.45) is 11.8 Å². The molecule has 0 bridgehead atoms. The number of amides is 1. The smallest absolute Gasteiger partial charge is 0.244 e. The molecule has 0 atom stereocenters. The summed E-state index contributed by atoms with van der Waals surface area (Å²) in [4.78, 5) is 12.3. The van der Waals surface area contributed by atoms with Crippen LogP contribution in [0.1, 0.15) is 38.7 Å². The molecule has 2 rings (SSSR count). The molecule has 1 aliphatic rings. The standard InChI is InChI=1S/C20H29N3O4S/c1-16(2)15-27-13-5-10-22-20(24)17-8-11-23(12-9-17)28(25,26)19-7-4-3-6-18(19)14-21/h3-4,6-7,16-17H,5,8-13,15H2,1-2H3,(H,22,24). The maximum Gasteiger partial charge on any atom is 0.244 e. The molecule has 1 amide bonds. The molecule has 1 aliphatic heterocycles. The third-order valence-corrected chi connectivity index (χ3v) is 6.62.